The van der Waals surface area contributed by atoms with E-state index in [2.05, 4.69) is 10.6 Å². The Bertz CT molecular complexity index is 681. The zero-order valence-electron chi connectivity index (χ0n) is 11.8. The lowest BCUT2D eigenvalue weighted by atomic mass is 10.1. The first kappa shape index (κ1) is 13.6. The Morgan fingerprint density at radius 2 is 1.90 bits per heavy atom. The standard InChI is InChI=1S/C17H18N2O2/c20-16(19-15-7-3-4-10-18-17(15)21)14-9-8-12-5-1-2-6-13(12)11-14/h1-2,5-6,8-9,11,15H,3-4,7,10H2,(H,18,21)(H,19,20). The van der Waals surface area contributed by atoms with Crippen molar-refractivity contribution in [3.8, 4) is 0 Å². The van der Waals surface area contributed by atoms with Crippen LogP contribution >= 0.6 is 0 Å². The first-order chi connectivity index (χ1) is 10.2. The van der Waals surface area contributed by atoms with Crippen LogP contribution in [0.4, 0.5) is 0 Å². The van der Waals surface area contributed by atoms with E-state index in [4.69, 9.17) is 0 Å². The molecule has 3 rings (SSSR count). The first-order valence-corrected chi connectivity index (χ1v) is 7.31. The van der Waals surface area contributed by atoms with Crippen LogP contribution in [0.1, 0.15) is 29.6 Å². The molecule has 1 aliphatic rings. The lowest BCUT2D eigenvalue weighted by Crippen LogP contribution is -2.45. The molecule has 0 bridgehead atoms. The third-order valence-corrected chi connectivity index (χ3v) is 3.85. The Morgan fingerprint density at radius 3 is 2.76 bits per heavy atom. The molecule has 1 atom stereocenters. The number of carbonyl (C=O) groups excluding carboxylic acids is 2. The molecular weight excluding hydrogens is 264 g/mol. The Labute approximate surface area is 123 Å². The van der Waals surface area contributed by atoms with E-state index in [1.165, 1.54) is 0 Å². The maximum absolute atomic E-state index is 12.3. The Hall–Kier alpha value is -2.36. The van der Waals surface area contributed by atoms with Crippen molar-refractivity contribution in [2.24, 2.45) is 0 Å². The first-order valence-electron chi connectivity index (χ1n) is 7.31. The third-order valence-electron chi connectivity index (χ3n) is 3.85. The van der Waals surface area contributed by atoms with E-state index < -0.39 is 6.04 Å². The fourth-order valence-corrected chi connectivity index (χ4v) is 2.65. The molecule has 1 heterocycles. The van der Waals surface area contributed by atoms with Gasteiger partial charge in [0.1, 0.15) is 6.04 Å². The molecular formula is C17H18N2O2. The number of benzene rings is 2. The van der Waals surface area contributed by atoms with Crippen LogP contribution in [-0.2, 0) is 4.79 Å². The Kier molecular flexibility index (Phi) is 3.86. The van der Waals surface area contributed by atoms with Gasteiger partial charge in [0.2, 0.25) is 5.91 Å². The molecule has 1 aliphatic heterocycles. The zero-order chi connectivity index (χ0) is 14.7. The summed E-state index contributed by atoms with van der Waals surface area (Å²) in [6, 6.07) is 13.1. The van der Waals surface area contributed by atoms with Gasteiger partial charge in [0, 0.05) is 12.1 Å². The van der Waals surface area contributed by atoms with E-state index in [-0.39, 0.29) is 11.8 Å². The highest BCUT2D eigenvalue weighted by Gasteiger charge is 2.22. The number of nitrogens with one attached hydrogen (secondary N) is 2. The lowest BCUT2D eigenvalue weighted by molar-refractivity contribution is -0.122. The van der Waals surface area contributed by atoms with Gasteiger partial charge in [-0.3, -0.25) is 9.59 Å². The van der Waals surface area contributed by atoms with Crippen molar-refractivity contribution >= 4 is 22.6 Å². The van der Waals surface area contributed by atoms with Gasteiger partial charge in [0.25, 0.3) is 5.91 Å². The number of hydrogen-bond donors (Lipinski definition) is 2. The number of hydrogen-bond acceptors (Lipinski definition) is 2. The van der Waals surface area contributed by atoms with Gasteiger partial charge >= 0.3 is 0 Å². The van der Waals surface area contributed by atoms with Crippen LogP contribution in [0, 0.1) is 0 Å². The number of carbonyl (C=O) groups is 2. The van der Waals surface area contributed by atoms with Gasteiger partial charge < -0.3 is 10.6 Å². The summed E-state index contributed by atoms with van der Waals surface area (Å²) in [5.74, 6) is -0.274. The normalized spacial score (nSPS) is 18.9. The second-order valence-corrected chi connectivity index (χ2v) is 5.37. The second-order valence-electron chi connectivity index (χ2n) is 5.37. The lowest BCUT2D eigenvalue weighted by Gasteiger charge is -2.15. The summed E-state index contributed by atoms with van der Waals surface area (Å²) < 4.78 is 0. The van der Waals surface area contributed by atoms with Crippen LogP contribution in [0.15, 0.2) is 42.5 Å². The van der Waals surface area contributed by atoms with Crippen LogP contribution < -0.4 is 10.6 Å². The van der Waals surface area contributed by atoms with Crippen LogP contribution in [0.5, 0.6) is 0 Å². The monoisotopic (exact) mass is 282 g/mol. The molecule has 0 spiro atoms. The molecule has 2 aromatic rings. The van der Waals surface area contributed by atoms with Gasteiger partial charge in [0.05, 0.1) is 0 Å². The van der Waals surface area contributed by atoms with Crippen molar-refractivity contribution in [1.82, 2.24) is 10.6 Å². The highest BCUT2D eigenvalue weighted by molar-refractivity contribution is 6.00. The maximum atomic E-state index is 12.3. The van der Waals surface area contributed by atoms with Crippen molar-refractivity contribution in [1.29, 1.82) is 0 Å². The predicted molar refractivity (Wildman–Crippen MR) is 82.1 cm³/mol. The van der Waals surface area contributed by atoms with Gasteiger partial charge in [-0.15, -0.1) is 0 Å². The summed E-state index contributed by atoms with van der Waals surface area (Å²) in [4.78, 5) is 24.2. The van der Waals surface area contributed by atoms with Gasteiger partial charge in [-0.05, 0) is 42.2 Å². The van der Waals surface area contributed by atoms with E-state index in [1.807, 2.05) is 36.4 Å². The molecule has 2 amide bonds. The van der Waals surface area contributed by atoms with E-state index in [9.17, 15) is 9.59 Å². The molecule has 4 nitrogen and oxygen atoms in total. The molecule has 4 heteroatoms. The van der Waals surface area contributed by atoms with Crippen LogP contribution in [0.3, 0.4) is 0 Å². The predicted octanol–water partition coefficient (Wildman–Crippen LogP) is 2.24. The smallest absolute Gasteiger partial charge is 0.251 e. The zero-order valence-corrected chi connectivity index (χ0v) is 11.8. The van der Waals surface area contributed by atoms with Gasteiger partial charge in [0.15, 0.2) is 0 Å². The minimum atomic E-state index is -0.425. The average Bonchev–Trinajstić information content (AvgIpc) is 2.72. The van der Waals surface area contributed by atoms with Crippen molar-refractivity contribution in [3.63, 3.8) is 0 Å². The molecule has 0 aliphatic carbocycles. The summed E-state index contributed by atoms with van der Waals surface area (Å²) >= 11 is 0. The van der Waals surface area contributed by atoms with Crippen LogP contribution in [0.2, 0.25) is 0 Å². The summed E-state index contributed by atoms with van der Waals surface area (Å²) in [5.41, 5.74) is 0.589. The third kappa shape index (κ3) is 3.05. The Morgan fingerprint density at radius 1 is 1.10 bits per heavy atom. The SMILES string of the molecule is O=C(NC1CCCCNC1=O)c1ccc2ccccc2c1. The molecule has 2 N–H and O–H groups in total. The highest BCUT2D eigenvalue weighted by Crippen LogP contribution is 2.16. The van der Waals surface area contributed by atoms with Gasteiger partial charge in [-0.1, -0.05) is 30.3 Å². The molecule has 0 saturated carbocycles. The maximum Gasteiger partial charge on any atom is 0.251 e. The number of fused-ring (bicyclic) bond motifs is 1. The molecule has 108 valence electrons. The summed E-state index contributed by atoms with van der Waals surface area (Å²) in [7, 11) is 0. The van der Waals surface area contributed by atoms with Crippen molar-refractivity contribution in [2.45, 2.75) is 25.3 Å². The van der Waals surface area contributed by atoms with E-state index in [0.29, 0.717) is 18.5 Å². The molecule has 2 aromatic carbocycles. The summed E-state index contributed by atoms with van der Waals surface area (Å²) in [6.07, 6.45) is 2.61. The van der Waals surface area contributed by atoms with Crippen LogP contribution in [0.25, 0.3) is 10.8 Å². The van der Waals surface area contributed by atoms with Gasteiger partial charge in [-0.2, -0.15) is 0 Å². The second kappa shape index (κ2) is 5.95. The van der Waals surface area contributed by atoms with E-state index >= 15 is 0 Å². The topological polar surface area (TPSA) is 58.2 Å². The number of amides is 2. The molecule has 0 aromatic heterocycles. The number of rotatable bonds is 2. The van der Waals surface area contributed by atoms with Crippen molar-refractivity contribution < 1.29 is 9.59 Å². The Balaban J connectivity index is 1.78. The van der Waals surface area contributed by atoms with E-state index in [1.54, 1.807) is 6.07 Å². The molecule has 1 unspecified atom stereocenters. The highest BCUT2D eigenvalue weighted by atomic mass is 16.2. The van der Waals surface area contributed by atoms with E-state index in [0.717, 1.165) is 23.6 Å². The summed E-state index contributed by atoms with van der Waals surface area (Å²) in [6.45, 7) is 0.696. The largest absolute Gasteiger partial charge is 0.354 e. The molecule has 1 saturated heterocycles. The average molecular weight is 282 g/mol. The molecule has 21 heavy (non-hydrogen) atoms. The molecule has 0 radical (unpaired) electrons. The fourth-order valence-electron chi connectivity index (χ4n) is 2.65. The van der Waals surface area contributed by atoms with Crippen molar-refractivity contribution in [2.75, 3.05) is 6.54 Å². The summed E-state index contributed by atoms with van der Waals surface area (Å²) in [5, 5.41) is 7.79. The molecule has 1 fully saturated rings. The minimum Gasteiger partial charge on any atom is -0.354 e. The minimum absolute atomic E-state index is 0.0818. The van der Waals surface area contributed by atoms with Crippen molar-refractivity contribution in [3.05, 3.63) is 48.0 Å². The van der Waals surface area contributed by atoms with Gasteiger partial charge in [-0.25, -0.2) is 0 Å². The van der Waals surface area contributed by atoms with Crippen LogP contribution in [-0.4, -0.2) is 24.4 Å². The quantitative estimate of drug-likeness (QED) is 0.887. The fraction of sp³-hybridized carbons (Fsp3) is 0.294.